The summed E-state index contributed by atoms with van der Waals surface area (Å²) in [4.78, 5) is 12.6. The fourth-order valence-electron chi connectivity index (χ4n) is 3.36. The lowest BCUT2D eigenvalue weighted by atomic mass is 9.96. The summed E-state index contributed by atoms with van der Waals surface area (Å²) in [6.45, 7) is 2.38. The van der Waals surface area contributed by atoms with Crippen LogP contribution in [-0.2, 0) is 14.8 Å². The standard InChI is InChI=1S/C20H21Cl3N2O3S/c1-13(15-3-2-4-16(21)11-15)24-20(26)14-7-9-25(10-8-14)29(27,28)19-12-17(22)5-6-18(19)23/h2-6,11-14H,7-10H2,1H3,(H,24,26). The van der Waals surface area contributed by atoms with E-state index in [-0.39, 0.29) is 40.9 Å². The van der Waals surface area contributed by atoms with Crippen molar-refractivity contribution in [3.8, 4) is 0 Å². The van der Waals surface area contributed by atoms with Crippen LogP contribution in [0.25, 0.3) is 0 Å². The van der Waals surface area contributed by atoms with Gasteiger partial charge in [-0.3, -0.25) is 4.79 Å². The highest BCUT2D eigenvalue weighted by Crippen LogP contribution is 2.30. The Bertz CT molecular complexity index is 1010. The van der Waals surface area contributed by atoms with Crippen molar-refractivity contribution in [3.05, 3.63) is 63.1 Å². The van der Waals surface area contributed by atoms with Gasteiger partial charge in [-0.15, -0.1) is 0 Å². The largest absolute Gasteiger partial charge is 0.349 e. The van der Waals surface area contributed by atoms with E-state index in [1.807, 2.05) is 25.1 Å². The van der Waals surface area contributed by atoms with E-state index in [4.69, 9.17) is 34.8 Å². The van der Waals surface area contributed by atoms with Gasteiger partial charge < -0.3 is 5.32 Å². The summed E-state index contributed by atoms with van der Waals surface area (Å²) in [5, 5.41) is 4.04. The van der Waals surface area contributed by atoms with Crippen LogP contribution in [0, 0.1) is 5.92 Å². The molecule has 0 spiro atoms. The molecule has 5 nitrogen and oxygen atoms in total. The predicted octanol–water partition coefficient (Wildman–Crippen LogP) is 4.92. The Morgan fingerprint density at radius 1 is 1.07 bits per heavy atom. The Hall–Kier alpha value is -1.31. The van der Waals surface area contributed by atoms with Crippen LogP contribution in [0.4, 0.5) is 0 Å². The predicted molar refractivity (Wildman–Crippen MR) is 116 cm³/mol. The minimum Gasteiger partial charge on any atom is -0.349 e. The molecule has 0 aromatic heterocycles. The van der Waals surface area contributed by atoms with Crippen LogP contribution >= 0.6 is 34.8 Å². The molecule has 1 unspecified atom stereocenters. The van der Waals surface area contributed by atoms with Gasteiger partial charge in [-0.25, -0.2) is 8.42 Å². The van der Waals surface area contributed by atoms with E-state index in [0.29, 0.717) is 22.9 Å². The molecule has 1 saturated heterocycles. The maximum atomic E-state index is 12.9. The molecular weight excluding hydrogens is 455 g/mol. The number of hydrogen-bond donors (Lipinski definition) is 1. The van der Waals surface area contributed by atoms with E-state index in [1.54, 1.807) is 12.1 Å². The van der Waals surface area contributed by atoms with Crippen molar-refractivity contribution in [2.45, 2.75) is 30.7 Å². The Morgan fingerprint density at radius 3 is 2.38 bits per heavy atom. The monoisotopic (exact) mass is 474 g/mol. The van der Waals surface area contributed by atoms with Gasteiger partial charge in [-0.1, -0.05) is 46.9 Å². The van der Waals surface area contributed by atoms with Crippen molar-refractivity contribution >= 4 is 50.7 Å². The molecule has 2 aromatic rings. The number of piperidine rings is 1. The van der Waals surface area contributed by atoms with Crippen molar-refractivity contribution in [2.24, 2.45) is 5.92 Å². The van der Waals surface area contributed by atoms with E-state index in [2.05, 4.69) is 5.32 Å². The van der Waals surface area contributed by atoms with Gasteiger partial charge in [0.05, 0.1) is 11.1 Å². The molecular formula is C20H21Cl3N2O3S. The number of amides is 1. The van der Waals surface area contributed by atoms with Crippen LogP contribution < -0.4 is 5.32 Å². The first-order valence-corrected chi connectivity index (χ1v) is 11.8. The molecule has 0 bridgehead atoms. The number of carbonyl (C=O) groups excluding carboxylic acids is 1. The molecule has 1 aliphatic rings. The van der Waals surface area contributed by atoms with Crippen molar-refractivity contribution in [1.29, 1.82) is 0 Å². The summed E-state index contributed by atoms with van der Waals surface area (Å²) in [7, 11) is -3.76. The number of hydrogen-bond acceptors (Lipinski definition) is 3. The van der Waals surface area contributed by atoms with Crippen LogP contribution in [-0.4, -0.2) is 31.7 Å². The van der Waals surface area contributed by atoms with E-state index in [1.165, 1.54) is 16.4 Å². The van der Waals surface area contributed by atoms with Crippen LogP contribution in [0.2, 0.25) is 15.1 Å². The highest BCUT2D eigenvalue weighted by molar-refractivity contribution is 7.89. The Kier molecular flexibility index (Phi) is 7.12. The molecule has 29 heavy (non-hydrogen) atoms. The average molecular weight is 476 g/mol. The molecule has 0 radical (unpaired) electrons. The van der Waals surface area contributed by atoms with Gasteiger partial charge >= 0.3 is 0 Å². The minimum absolute atomic E-state index is 0.0100. The normalized spacial score (nSPS) is 17.1. The lowest BCUT2D eigenvalue weighted by Crippen LogP contribution is -2.43. The summed E-state index contributed by atoms with van der Waals surface area (Å²) in [6.07, 6.45) is 0.872. The van der Waals surface area contributed by atoms with Gasteiger partial charge in [-0.05, 0) is 55.7 Å². The topological polar surface area (TPSA) is 66.5 Å². The maximum absolute atomic E-state index is 12.9. The lowest BCUT2D eigenvalue weighted by molar-refractivity contribution is -0.126. The number of carbonyl (C=O) groups is 1. The number of nitrogens with one attached hydrogen (secondary N) is 1. The summed E-state index contributed by atoms with van der Waals surface area (Å²) in [6, 6.07) is 11.5. The fourth-order valence-corrected chi connectivity index (χ4v) is 5.77. The van der Waals surface area contributed by atoms with Crippen LogP contribution in [0.15, 0.2) is 47.4 Å². The molecule has 156 valence electrons. The molecule has 1 fully saturated rings. The van der Waals surface area contributed by atoms with Crippen LogP contribution in [0.1, 0.15) is 31.4 Å². The Balaban J connectivity index is 1.62. The number of sulfonamides is 1. The molecule has 1 amide bonds. The number of rotatable bonds is 5. The molecule has 1 aliphatic heterocycles. The summed E-state index contributed by atoms with van der Waals surface area (Å²) in [5.41, 5.74) is 0.918. The van der Waals surface area contributed by atoms with Crippen molar-refractivity contribution in [2.75, 3.05) is 13.1 Å². The third kappa shape index (κ3) is 5.25. The number of benzene rings is 2. The van der Waals surface area contributed by atoms with Gasteiger partial charge in [0.2, 0.25) is 15.9 Å². The second-order valence-corrected chi connectivity index (χ2v) is 10.2. The molecule has 1 N–H and O–H groups in total. The van der Waals surface area contributed by atoms with Gasteiger partial charge in [0.1, 0.15) is 4.90 Å². The summed E-state index contributed by atoms with van der Waals surface area (Å²) in [5.74, 6) is -0.340. The van der Waals surface area contributed by atoms with Gasteiger partial charge in [0, 0.05) is 29.1 Å². The molecule has 0 saturated carbocycles. The lowest BCUT2D eigenvalue weighted by Gasteiger charge is -2.31. The summed E-state index contributed by atoms with van der Waals surface area (Å²) < 4.78 is 27.2. The molecule has 1 heterocycles. The first-order chi connectivity index (χ1) is 13.7. The van der Waals surface area contributed by atoms with E-state index in [0.717, 1.165) is 5.56 Å². The first kappa shape index (κ1) is 22.4. The smallest absolute Gasteiger partial charge is 0.244 e. The van der Waals surface area contributed by atoms with Gasteiger partial charge in [0.25, 0.3) is 0 Å². The Labute approximate surface area is 186 Å². The van der Waals surface area contributed by atoms with Crippen LogP contribution in [0.3, 0.4) is 0 Å². The van der Waals surface area contributed by atoms with Gasteiger partial charge in [-0.2, -0.15) is 4.31 Å². The number of halogens is 3. The molecule has 0 aliphatic carbocycles. The first-order valence-electron chi connectivity index (χ1n) is 9.19. The Morgan fingerprint density at radius 2 is 1.72 bits per heavy atom. The van der Waals surface area contributed by atoms with Crippen molar-refractivity contribution < 1.29 is 13.2 Å². The molecule has 2 aromatic carbocycles. The third-order valence-electron chi connectivity index (χ3n) is 5.04. The number of nitrogens with zero attached hydrogens (tertiary/aromatic N) is 1. The quantitative estimate of drug-likeness (QED) is 0.667. The highest BCUT2D eigenvalue weighted by atomic mass is 35.5. The van der Waals surface area contributed by atoms with Gasteiger partial charge in [0.15, 0.2) is 0 Å². The van der Waals surface area contributed by atoms with E-state index in [9.17, 15) is 13.2 Å². The molecule has 3 rings (SSSR count). The van der Waals surface area contributed by atoms with Crippen molar-refractivity contribution in [1.82, 2.24) is 9.62 Å². The zero-order valence-electron chi connectivity index (χ0n) is 15.7. The highest BCUT2D eigenvalue weighted by Gasteiger charge is 2.33. The third-order valence-corrected chi connectivity index (χ3v) is 7.89. The van der Waals surface area contributed by atoms with Crippen LogP contribution in [0.5, 0.6) is 0 Å². The minimum atomic E-state index is -3.76. The molecule has 1 atom stereocenters. The molecule has 9 heteroatoms. The van der Waals surface area contributed by atoms with Crippen molar-refractivity contribution in [3.63, 3.8) is 0 Å². The van der Waals surface area contributed by atoms with E-state index >= 15 is 0 Å². The zero-order valence-corrected chi connectivity index (χ0v) is 18.8. The SMILES string of the molecule is CC(NC(=O)C1CCN(S(=O)(=O)c2cc(Cl)ccc2Cl)CC1)c1cccc(Cl)c1. The zero-order chi connectivity index (χ0) is 21.2. The fraction of sp³-hybridized carbons (Fsp3) is 0.350. The summed E-state index contributed by atoms with van der Waals surface area (Å²) >= 11 is 18.0. The maximum Gasteiger partial charge on any atom is 0.244 e. The average Bonchev–Trinajstić information content (AvgIpc) is 2.69. The second-order valence-electron chi connectivity index (χ2n) is 7.04. The second kappa shape index (κ2) is 9.23. The van der Waals surface area contributed by atoms with E-state index < -0.39 is 10.0 Å².